The molecule has 0 saturated carbocycles. The highest BCUT2D eigenvalue weighted by Crippen LogP contribution is 1.76. The average molecular weight is 81.1 g/mol. The molecule has 0 atom stereocenters. The van der Waals surface area contributed by atoms with Crippen molar-refractivity contribution in [3.63, 3.8) is 0 Å². The van der Waals surface area contributed by atoms with Gasteiger partial charge >= 0.3 is 0 Å². The standard InChI is InChI=1S/C6H9/c1-3-5-6-4-2/h3,5-6H,1-2,4H2/b6-5+. The molecule has 0 aliphatic heterocycles. The zero-order valence-corrected chi connectivity index (χ0v) is 3.85. The van der Waals surface area contributed by atoms with Crippen molar-refractivity contribution in [1.29, 1.82) is 0 Å². The third-order valence-corrected chi connectivity index (χ3v) is 0.439. The molecule has 0 aromatic carbocycles. The van der Waals surface area contributed by atoms with Crippen molar-refractivity contribution < 1.29 is 0 Å². The second kappa shape index (κ2) is 4.48. The zero-order chi connectivity index (χ0) is 4.83. The molecule has 1 radical (unpaired) electrons. The summed E-state index contributed by atoms with van der Waals surface area (Å²) in [5, 5.41) is 0. The van der Waals surface area contributed by atoms with Crippen LogP contribution in [0.1, 0.15) is 6.42 Å². The summed E-state index contributed by atoms with van der Waals surface area (Å²) < 4.78 is 0. The maximum atomic E-state index is 3.59. The lowest BCUT2D eigenvalue weighted by Crippen LogP contribution is -1.46. The number of hydrogen-bond acceptors (Lipinski definition) is 0. The fourth-order valence-electron chi connectivity index (χ4n) is 0.192. The van der Waals surface area contributed by atoms with Gasteiger partial charge in [0.2, 0.25) is 0 Å². The highest BCUT2D eigenvalue weighted by atomic mass is 13.6. The first-order valence-electron chi connectivity index (χ1n) is 1.98. The van der Waals surface area contributed by atoms with Crippen LogP contribution in [0.5, 0.6) is 0 Å². The predicted octanol–water partition coefficient (Wildman–Crippen LogP) is 1.95. The Hall–Kier alpha value is -0.520. The van der Waals surface area contributed by atoms with Crippen LogP contribution in [-0.4, -0.2) is 0 Å². The van der Waals surface area contributed by atoms with Gasteiger partial charge in [0.25, 0.3) is 0 Å². The van der Waals surface area contributed by atoms with E-state index in [0.29, 0.717) is 0 Å². The molecule has 0 fully saturated rings. The van der Waals surface area contributed by atoms with Crippen molar-refractivity contribution in [3.05, 3.63) is 31.7 Å². The molecule has 0 N–H and O–H groups in total. The van der Waals surface area contributed by atoms with Gasteiger partial charge in [-0.2, -0.15) is 0 Å². The van der Waals surface area contributed by atoms with Crippen LogP contribution < -0.4 is 0 Å². The summed E-state index contributed by atoms with van der Waals surface area (Å²) in [4.78, 5) is 0. The lowest BCUT2D eigenvalue weighted by molar-refractivity contribution is 1.40. The molecular formula is C6H9. The molecule has 0 unspecified atom stereocenters. The largest absolute Gasteiger partial charge is 0.0991 e. The fraction of sp³-hybridized carbons (Fsp3) is 0.167. The van der Waals surface area contributed by atoms with E-state index in [4.69, 9.17) is 0 Å². The molecule has 0 aliphatic carbocycles. The quantitative estimate of drug-likeness (QED) is 0.446. The summed E-state index contributed by atoms with van der Waals surface area (Å²) in [6.45, 7) is 7.07. The molecule has 0 heteroatoms. The van der Waals surface area contributed by atoms with E-state index in [1.807, 2.05) is 12.2 Å². The predicted molar refractivity (Wildman–Crippen MR) is 29.3 cm³/mol. The first-order valence-corrected chi connectivity index (χ1v) is 1.98. The van der Waals surface area contributed by atoms with E-state index < -0.39 is 0 Å². The SMILES string of the molecule is [CH2]C/C=C/C=C. The molecule has 0 nitrogen and oxygen atoms in total. The summed E-state index contributed by atoms with van der Waals surface area (Å²) >= 11 is 0. The molecule has 6 heavy (non-hydrogen) atoms. The molecule has 0 spiro atoms. The van der Waals surface area contributed by atoms with Gasteiger partial charge in [0, 0.05) is 0 Å². The molecule has 0 bridgehead atoms. The van der Waals surface area contributed by atoms with Crippen LogP contribution in [0.3, 0.4) is 0 Å². The summed E-state index contributed by atoms with van der Waals surface area (Å²) in [7, 11) is 0. The molecule has 0 aromatic heterocycles. The Morgan fingerprint density at radius 3 is 2.33 bits per heavy atom. The van der Waals surface area contributed by atoms with Crippen molar-refractivity contribution in [2.75, 3.05) is 0 Å². The minimum Gasteiger partial charge on any atom is -0.0991 e. The van der Waals surface area contributed by atoms with Gasteiger partial charge in [0.1, 0.15) is 0 Å². The van der Waals surface area contributed by atoms with Crippen molar-refractivity contribution in [3.8, 4) is 0 Å². The molecule has 33 valence electrons. The Kier molecular flexibility index (Phi) is 4.09. The molecule has 0 saturated heterocycles. The number of hydrogen-bond donors (Lipinski definition) is 0. The lowest BCUT2D eigenvalue weighted by atomic mass is 10.4. The van der Waals surface area contributed by atoms with Crippen molar-refractivity contribution in [2.24, 2.45) is 0 Å². The van der Waals surface area contributed by atoms with E-state index in [9.17, 15) is 0 Å². The van der Waals surface area contributed by atoms with Gasteiger partial charge in [0.15, 0.2) is 0 Å². The minimum atomic E-state index is 0.853. The third kappa shape index (κ3) is 3.48. The Morgan fingerprint density at radius 2 is 2.17 bits per heavy atom. The van der Waals surface area contributed by atoms with Crippen LogP contribution in [0, 0.1) is 6.92 Å². The maximum Gasteiger partial charge on any atom is -0.0348 e. The Labute approximate surface area is 39.2 Å². The first-order chi connectivity index (χ1) is 2.91. The van der Waals surface area contributed by atoms with Crippen LogP contribution >= 0.6 is 0 Å². The Balaban J connectivity index is 2.94. The third-order valence-electron chi connectivity index (χ3n) is 0.439. The van der Waals surface area contributed by atoms with Gasteiger partial charge in [0.05, 0.1) is 0 Å². The van der Waals surface area contributed by atoms with Crippen LogP contribution in [0.2, 0.25) is 0 Å². The molecule has 0 heterocycles. The normalized spacial score (nSPS) is 9.50. The van der Waals surface area contributed by atoms with E-state index >= 15 is 0 Å². The lowest BCUT2D eigenvalue weighted by Gasteiger charge is -1.67. The van der Waals surface area contributed by atoms with Gasteiger partial charge in [-0.25, -0.2) is 0 Å². The topological polar surface area (TPSA) is 0 Å². The van der Waals surface area contributed by atoms with Crippen LogP contribution in [0.15, 0.2) is 24.8 Å². The summed E-state index contributed by atoms with van der Waals surface area (Å²) in [5.41, 5.74) is 0. The van der Waals surface area contributed by atoms with Gasteiger partial charge in [-0.1, -0.05) is 24.8 Å². The Morgan fingerprint density at radius 1 is 1.50 bits per heavy atom. The summed E-state index contributed by atoms with van der Waals surface area (Å²) in [6, 6.07) is 0. The van der Waals surface area contributed by atoms with Gasteiger partial charge < -0.3 is 0 Å². The van der Waals surface area contributed by atoms with Gasteiger partial charge in [-0.15, -0.1) is 0 Å². The average Bonchev–Trinajstić information content (AvgIpc) is 1.61. The van der Waals surface area contributed by atoms with Crippen LogP contribution in [-0.2, 0) is 0 Å². The fourth-order valence-corrected chi connectivity index (χ4v) is 0.192. The smallest absolute Gasteiger partial charge is 0.0348 e. The van der Waals surface area contributed by atoms with Crippen molar-refractivity contribution >= 4 is 0 Å². The molecule has 0 aromatic rings. The van der Waals surface area contributed by atoms with E-state index in [1.54, 1.807) is 6.08 Å². The number of rotatable bonds is 2. The minimum absolute atomic E-state index is 0.853. The molecule has 0 rings (SSSR count). The highest BCUT2D eigenvalue weighted by Gasteiger charge is 1.55. The summed E-state index contributed by atoms with van der Waals surface area (Å²) in [5.74, 6) is 0. The maximum absolute atomic E-state index is 3.59. The second-order valence-corrected chi connectivity index (χ2v) is 0.953. The van der Waals surface area contributed by atoms with Gasteiger partial charge in [-0.3, -0.25) is 0 Å². The van der Waals surface area contributed by atoms with Crippen molar-refractivity contribution in [2.45, 2.75) is 6.42 Å². The van der Waals surface area contributed by atoms with Gasteiger partial charge in [-0.05, 0) is 13.3 Å². The van der Waals surface area contributed by atoms with Crippen LogP contribution in [0.4, 0.5) is 0 Å². The molecule has 0 aliphatic rings. The first kappa shape index (κ1) is 5.48. The monoisotopic (exact) mass is 81.1 g/mol. The van der Waals surface area contributed by atoms with Crippen molar-refractivity contribution in [1.82, 2.24) is 0 Å². The molecular weight excluding hydrogens is 72.1 g/mol. The highest BCUT2D eigenvalue weighted by molar-refractivity contribution is 4.97. The van der Waals surface area contributed by atoms with E-state index in [2.05, 4.69) is 13.5 Å². The van der Waals surface area contributed by atoms with Crippen LogP contribution in [0.25, 0.3) is 0 Å². The molecule has 0 amide bonds. The zero-order valence-electron chi connectivity index (χ0n) is 3.85. The second-order valence-electron chi connectivity index (χ2n) is 0.953. The van der Waals surface area contributed by atoms with E-state index in [1.165, 1.54) is 0 Å². The Bertz CT molecular complexity index is 51.1. The van der Waals surface area contributed by atoms with E-state index in [-0.39, 0.29) is 0 Å². The number of allylic oxidation sites excluding steroid dienone is 3. The summed E-state index contributed by atoms with van der Waals surface area (Å²) in [6.07, 6.45) is 6.43. The van der Waals surface area contributed by atoms with E-state index in [0.717, 1.165) is 6.42 Å².